The van der Waals surface area contributed by atoms with E-state index in [1.165, 1.54) is 0 Å². The van der Waals surface area contributed by atoms with Gasteiger partial charge in [0.05, 0.1) is 10.8 Å². The van der Waals surface area contributed by atoms with Crippen molar-refractivity contribution in [3.8, 4) is 0 Å². The summed E-state index contributed by atoms with van der Waals surface area (Å²) in [6.07, 6.45) is 1.44. The third kappa shape index (κ3) is 2.97. The first kappa shape index (κ1) is 14.4. The predicted molar refractivity (Wildman–Crippen MR) is 78.6 cm³/mol. The molecule has 0 amide bonds. The number of carbonyl (C=O) groups is 1. The molecule has 0 unspecified atom stereocenters. The van der Waals surface area contributed by atoms with E-state index in [2.05, 4.69) is 20.8 Å². The average molecular weight is 278 g/mol. The molecule has 0 aromatic heterocycles. The van der Waals surface area contributed by atoms with E-state index in [-0.39, 0.29) is 22.4 Å². The number of hydrogen-bond acceptors (Lipinski definition) is 2. The second-order valence-corrected chi connectivity index (χ2v) is 8.08. The summed E-state index contributed by atoms with van der Waals surface area (Å²) in [4.78, 5) is 12.9. The van der Waals surface area contributed by atoms with E-state index >= 15 is 0 Å². The Morgan fingerprint density at radius 3 is 2.26 bits per heavy atom. The Balaban J connectivity index is 2.30. The normalized spacial score (nSPS) is 25.6. The van der Waals surface area contributed by atoms with Crippen molar-refractivity contribution in [3.05, 3.63) is 29.8 Å². The molecule has 0 N–H and O–H groups in total. The second kappa shape index (κ2) is 5.20. The van der Waals surface area contributed by atoms with Gasteiger partial charge in [-0.05, 0) is 36.8 Å². The van der Waals surface area contributed by atoms with E-state index < -0.39 is 10.8 Å². The molecule has 104 valence electrons. The van der Waals surface area contributed by atoms with Crippen LogP contribution < -0.4 is 0 Å². The Kier molecular flexibility index (Phi) is 3.95. The number of carbonyl (C=O) groups excluding carboxylic acids is 1. The van der Waals surface area contributed by atoms with Gasteiger partial charge in [-0.25, -0.2) is 0 Å². The molecule has 2 nitrogen and oxygen atoms in total. The maximum absolute atomic E-state index is 12.7. The SMILES string of the molecule is Cc1ccc([S@](=O)[C@H]2C(=O)CC[C@@H]2C(C)(C)C)cc1. The van der Waals surface area contributed by atoms with Crippen molar-refractivity contribution >= 4 is 16.6 Å². The first-order valence-electron chi connectivity index (χ1n) is 6.80. The van der Waals surface area contributed by atoms with Crippen molar-refractivity contribution in [2.75, 3.05) is 0 Å². The van der Waals surface area contributed by atoms with Crippen LogP contribution in [0, 0.1) is 18.3 Å². The second-order valence-electron chi connectivity index (χ2n) is 6.51. The zero-order valence-electron chi connectivity index (χ0n) is 12.1. The molecule has 3 atom stereocenters. The van der Waals surface area contributed by atoms with Gasteiger partial charge in [0, 0.05) is 11.3 Å². The topological polar surface area (TPSA) is 34.1 Å². The van der Waals surface area contributed by atoms with Gasteiger partial charge in [-0.15, -0.1) is 0 Å². The van der Waals surface area contributed by atoms with Gasteiger partial charge in [0.1, 0.15) is 11.0 Å². The van der Waals surface area contributed by atoms with Crippen LogP contribution in [0.5, 0.6) is 0 Å². The Morgan fingerprint density at radius 2 is 1.74 bits per heavy atom. The van der Waals surface area contributed by atoms with Crippen LogP contribution in [0.4, 0.5) is 0 Å². The van der Waals surface area contributed by atoms with E-state index in [4.69, 9.17) is 0 Å². The highest BCUT2D eigenvalue weighted by Gasteiger charge is 2.44. The van der Waals surface area contributed by atoms with Crippen LogP contribution >= 0.6 is 0 Å². The van der Waals surface area contributed by atoms with Gasteiger partial charge in [0.15, 0.2) is 0 Å². The van der Waals surface area contributed by atoms with E-state index in [0.717, 1.165) is 16.9 Å². The van der Waals surface area contributed by atoms with Crippen LogP contribution in [-0.2, 0) is 15.6 Å². The Morgan fingerprint density at radius 1 is 1.16 bits per heavy atom. The van der Waals surface area contributed by atoms with Crippen molar-refractivity contribution in [1.29, 1.82) is 0 Å². The molecular weight excluding hydrogens is 256 g/mol. The number of benzene rings is 1. The molecule has 0 radical (unpaired) electrons. The molecule has 0 bridgehead atoms. The Labute approximate surface area is 118 Å². The molecule has 1 aromatic carbocycles. The Hall–Kier alpha value is -0.960. The van der Waals surface area contributed by atoms with Gasteiger partial charge in [-0.1, -0.05) is 38.5 Å². The summed E-state index contributed by atoms with van der Waals surface area (Å²) in [6, 6.07) is 7.69. The van der Waals surface area contributed by atoms with Crippen molar-refractivity contribution in [2.24, 2.45) is 11.3 Å². The quantitative estimate of drug-likeness (QED) is 0.829. The highest BCUT2D eigenvalue weighted by Crippen LogP contribution is 2.41. The van der Waals surface area contributed by atoms with Gasteiger partial charge < -0.3 is 0 Å². The van der Waals surface area contributed by atoms with Crippen molar-refractivity contribution in [2.45, 2.75) is 50.7 Å². The van der Waals surface area contributed by atoms with Gasteiger partial charge in [0.25, 0.3) is 0 Å². The van der Waals surface area contributed by atoms with Crippen LogP contribution in [0.25, 0.3) is 0 Å². The van der Waals surface area contributed by atoms with Gasteiger partial charge >= 0.3 is 0 Å². The number of Topliss-reactive ketones (excluding diaryl/α,β-unsaturated/α-hetero) is 1. The summed E-state index contributed by atoms with van der Waals surface area (Å²) < 4.78 is 12.7. The molecule has 1 aliphatic rings. The lowest BCUT2D eigenvalue weighted by Gasteiger charge is -2.30. The zero-order valence-corrected chi connectivity index (χ0v) is 12.9. The van der Waals surface area contributed by atoms with Gasteiger partial charge in [-0.3, -0.25) is 9.00 Å². The van der Waals surface area contributed by atoms with Gasteiger partial charge in [-0.2, -0.15) is 0 Å². The standard InChI is InChI=1S/C16H22O2S/c1-11-5-7-12(8-6-11)19(18)15-13(16(2,3)4)9-10-14(15)17/h5-8,13,15H,9-10H2,1-4H3/t13-,15+,19-/m0/s1. The lowest BCUT2D eigenvalue weighted by molar-refractivity contribution is -0.117. The van der Waals surface area contributed by atoms with Crippen LogP contribution in [0.1, 0.15) is 39.2 Å². The highest BCUT2D eigenvalue weighted by molar-refractivity contribution is 7.86. The maximum atomic E-state index is 12.7. The van der Waals surface area contributed by atoms with E-state index in [9.17, 15) is 9.00 Å². The molecule has 1 aromatic rings. The molecule has 19 heavy (non-hydrogen) atoms. The van der Waals surface area contributed by atoms with Crippen LogP contribution in [0.2, 0.25) is 0 Å². The van der Waals surface area contributed by atoms with Crippen molar-refractivity contribution < 1.29 is 9.00 Å². The molecular formula is C16H22O2S. The van der Waals surface area contributed by atoms with E-state index in [1.807, 2.05) is 31.2 Å². The summed E-state index contributed by atoms with van der Waals surface area (Å²) in [5.41, 5.74) is 1.17. The fourth-order valence-corrected chi connectivity index (χ4v) is 4.69. The summed E-state index contributed by atoms with van der Waals surface area (Å²) in [5, 5.41) is -0.331. The minimum absolute atomic E-state index is 0.0250. The summed E-state index contributed by atoms with van der Waals surface area (Å²) in [5.74, 6) is 0.376. The molecule has 1 saturated carbocycles. The number of ketones is 1. The number of aryl methyl sites for hydroxylation is 1. The van der Waals surface area contributed by atoms with Gasteiger partial charge in [0.2, 0.25) is 0 Å². The smallest absolute Gasteiger partial charge is 0.149 e. The highest BCUT2D eigenvalue weighted by atomic mass is 32.2. The molecule has 1 aliphatic carbocycles. The summed E-state index contributed by atoms with van der Waals surface area (Å²) in [7, 11) is -1.22. The fourth-order valence-electron chi connectivity index (χ4n) is 2.79. The first-order valence-corrected chi connectivity index (χ1v) is 8.02. The molecule has 0 aliphatic heterocycles. The maximum Gasteiger partial charge on any atom is 0.149 e. The van der Waals surface area contributed by atoms with E-state index in [0.29, 0.717) is 6.42 Å². The van der Waals surface area contributed by atoms with E-state index in [1.54, 1.807) is 0 Å². The summed E-state index contributed by atoms with van der Waals surface area (Å²) in [6.45, 7) is 8.41. The summed E-state index contributed by atoms with van der Waals surface area (Å²) >= 11 is 0. The van der Waals surface area contributed by atoms with Crippen LogP contribution in [0.15, 0.2) is 29.2 Å². The van der Waals surface area contributed by atoms with Crippen molar-refractivity contribution in [3.63, 3.8) is 0 Å². The molecule has 0 spiro atoms. The third-order valence-electron chi connectivity index (χ3n) is 3.98. The number of hydrogen-bond donors (Lipinski definition) is 0. The third-order valence-corrected chi connectivity index (χ3v) is 5.77. The van der Waals surface area contributed by atoms with Crippen molar-refractivity contribution in [1.82, 2.24) is 0 Å². The molecule has 2 rings (SSSR count). The Bertz CT molecular complexity index is 496. The molecule has 1 fully saturated rings. The lowest BCUT2D eigenvalue weighted by atomic mass is 9.79. The molecule has 0 heterocycles. The predicted octanol–water partition coefficient (Wildman–Crippen LogP) is 3.50. The monoisotopic (exact) mass is 278 g/mol. The first-order chi connectivity index (χ1) is 8.80. The minimum atomic E-state index is -1.22. The van der Waals surface area contributed by atoms with Crippen LogP contribution in [-0.4, -0.2) is 15.2 Å². The van der Waals surface area contributed by atoms with Crippen LogP contribution in [0.3, 0.4) is 0 Å². The fraction of sp³-hybridized carbons (Fsp3) is 0.562. The zero-order chi connectivity index (χ0) is 14.2. The molecule has 0 saturated heterocycles. The number of rotatable bonds is 2. The lowest BCUT2D eigenvalue weighted by Crippen LogP contribution is -2.34. The average Bonchev–Trinajstić information content (AvgIpc) is 2.71. The molecule has 3 heteroatoms. The minimum Gasteiger partial charge on any atom is -0.298 e. The largest absolute Gasteiger partial charge is 0.298 e.